The van der Waals surface area contributed by atoms with E-state index in [1.165, 1.54) is 0 Å². The van der Waals surface area contributed by atoms with Gasteiger partial charge in [0.1, 0.15) is 12.4 Å². The number of ether oxygens (including phenoxy) is 1. The number of carbonyl (C=O) groups is 1. The zero-order valence-electron chi connectivity index (χ0n) is 13.5. The summed E-state index contributed by atoms with van der Waals surface area (Å²) < 4.78 is 6.00. The van der Waals surface area contributed by atoms with Gasteiger partial charge >= 0.3 is 5.97 Å². The summed E-state index contributed by atoms with van der Waals surface area (Å²) in [6, 6.07) is 19.4. The lowest BCUT2D eigenvalue weighted by molar-refractivity contribution is -0.136. The van der Waals surface area contributed by atoms with Crippen molar-refractivity contribution < 1.29 is 14.6 Å². The van der Waals surface area contributed by atoms with Crippen LogP contribution in [0.2, 0.25) is 5.02 Å². The first-order chi connectivity index (χ1) is 12.1. The van der Waals surface area contributed by atoms with E-state index in [0.717, 1.165) is 27.6 Å². The van der Waals surface area contributed by atoms with Crippen molar-refractivity contribution in [2.75, 3.05) is 6.54 Å². The minimum atomic E-state index is -0.890. The van der Waals surface area contributed by atoms with Crippen LogP contribution in [0.15, 0.2) is 60.7 Å². The van der Waals surface area contributed by atoms with Gasteiger partial charge in [-0.15, -0.1) is 0 Å². The molecule has 0 fully saturated rings. The van der Waals surface area contributed by atoms with E-state index in [1.807, 2.05) is 60.7 Å². The molecule has 0 amide bonds. The fraction of sp³-hybridized carbons (Fsp3) is 0.150. The van der Waals surface area contributed by atoms with Crippen LogP contribution in [0, 0.1) is 0 Å². The van der Waals surface area contributed by atoms with Crippen LogP contribution in [-0.4, -0.2) is 17.6 Å². The second-order valence-electron chi connectivity index (χ2n) is 5.64. The van der Waals surface area contributed by atoms with E-state index in [1.54, 1.807) is 0 Å². The Bertz CT molecular complexity index is 895. The summed E-state index contributed by atoms with van der Waals surface area (Å²) in [6.07, 6.45) is 0. The van der Waals surface area contributed by atoms with Gasteiger partial charge < -0.3 is 15.2 Å². The van der Waals surface area contributed by atoms with E-state index in [0.29, 0.717) is 18.2 Å². The fourth-order valence-electron chi connectivity index (χ4n) is 2.70. The van der Waals surface area contributed by atoms with Gasteiger partial charge in [-0.25, -0.2) is 0 Å². The Morgan fingerprint density at radius 3 is 2.60 bits per heavy atom. The second kappa shape index (κ2) is 8.01. The third-order valence-corrected chi connectivity index (χ3v) is 4.29. The van der Waals surface area contributed by atoms with Gasteiger partial charge in [-0.3, -0.25) is 4.79 Å². The number of aliphatic carboxylic acids is 1. The molecule has 0 bridgehead atoms. The molecule has 0 unspecified atom stereocenters. The van der Waals surface area contributed by atoms with Gasteiger partial charge in [0.25, 0.3) is 0 Å². The van der Waals surface area contributed by atoms with Crippen molar-refractivity contribution in [2.24, 2.45) is 0 Å². The molecule has 0 aliphatic carbocycles. The third kappa shape index (κ3) is 4.29. The number of halogens is 1. The zero-order valence-corrected chi connectivity index (χ0v) is 14.3. The van der Waals surface area contributed by atoms with Crippen LogP contribution in [0.5, 0.6) is 5.75 Å². The zero-order chi connectivity index (χ0) is 17.6. The normalized spacial score (nSPS) is 10.8. The first-order valence-corrected chi connectivity index (χ1v) is 8.32. The summed E-state index contributed by atoms with van der Waals surface area (Å²) >= 11 is 6.19. The molecule has 0 aromatic heterocycles. The first kappa shape index (κ1) is 17.3. The summed E-state index contributed by atoms with van der Waals surface area (Å²) in [5.74, 6) is -0.171. The Morgan fingerprint density at radius 2 is 1.80 bits per heavy atom. The minimum absolute atomic E-state index is 0.104. The monoisotopic (exact) mass is 355 g/mol. The fourth-order valence-corrected chi connectivity index (χ4v) is 2.89. The molecule has 0 aliphatic heterocycles. The van der Waals surface area contributed by atoms with Crippen molar-refractivity contribution in [2.45, 2.75) is 13.2 Å². The first-order valence-electron chi connectivity index (χ1n) is 7.94. The van der Waals surface area contributed by atoms with Crippen molar-refractivity contribution in [1.82, 2.24) is 5.32 Å². The number of rotatable bonds is 7. The Hall–Kier alpha value is -2.56. The van der Waals surface area contributed by atoms with Gasteiger partial charge in [-0.1, -0.05) is 60.1 Å². The van der Waals surface area contributed by atoms with E-state index in [4.69, 9.17) is 21.4 Å². The van der Waals surface area contributed by atoms with Crippen molar-refractivity contribution in [3.8, 4) is 5.75 Å². The Kier molecular flexibility index (Phi) is 5.53. The van der Waals surface area contributed by atoms with E-state index >= 15 is 0 Å². The molecule has 4 nitrogen and oxygen atoms in total. The molecule has 3 aromatic rings. The lowest BCUT2D eigenvalue weighted by Gasteiger charge is -2.15. The lowest BCUT2D eigenvalue weighted by Crippen LogP contribution is -2.22. The number of carboxylic acids is 1. The summed E-state index contributed by atoms with van der Waals surface area (Å²) in [7, 11) is 0. The highest BCUT2D eigenvalue weighted by molar-refractivity contribution is 6.31. The smallest absolute Gasteiger partial charge is 0.317 e. The van der Waals surface area contributed by atoms with Crippen LogP contribution in [0.3, 0.4) is 0 Å². The topological polar surface area (TPSA) is 58.6 Å². The predicted molar refractivity (Wildman–Crippen MR) is 99.1 cm³/mol. The maximum Gasteiger partial charge on any atom is 0.317 e. The molecule has 128 valence electrons. The molecule has 0 aliphatic rings. The van der Waals surface area contributed by atoms with Crippen molar-refractivity contribution in [3.05, 3.63) is 76.8 Å². The molecule has 3 rings (SSSR count). The summed E-state index contributed by atoms with van der Waals surface area (Å²) in [5, 5.41) is 14.6. The standard InChI is InChI=1S/C20H18ClNO3/c21-18-8-4-2-6-15(18)13-25-19-10-9-14-5-1-3-7-16(14)17(19)11-22-12-20(23)24/h1-10,22H,11-13H2,(H,23,24). The molecule has 0 atom stereocenters. The molecule has 0 spiro atoms. The van der Waals surface area contributed by atoms with Crippen LogP contribution in [0.25, 0.3) is 10.8 Å². The number of nitrogens with one attached hydrogen (secondary N) is 1. The predicted octanol–water partition coefficient (Wildman–Crippen LogP) is 4.25. The van der Waals surface area contributed by atoms with Gasteiger partial charge in [0.15, 0.2) is 0 Å². The number of hydrogen-bond acceptors (Lipinski definition) is 3. The molecule has 0 saturated carbocycles. The highest BCUT2D eigenvalue weighted by atomic mass is 35.5. The highest BCUT2D eigenvalue weighted by Crippen LogP contribution is 2.29. The average molecular weight is 356 g/mol. The van der Waals surface area contributed by atoms with Gasteiger partial charge in [-0.05, 0) is 22.9 Å². The van der Waals surface area contributed by atoms with E-state index in [2.05, 4.69) is 5.32 Å². The third-order valence-electron chi connectivity index (χ3n) is 3.92. The molecule has 25 heavy (non-hydrogen) atoms. The Morgan fingerprint density at radius 1 is 1.04 bits per heavy atom. The maximum absolute atomic E-state index is 10.8. The van der Waals surface area contributed by atoms with E-state index < -0.39 is 5.97 Å². The quantitative estimate of drug-likeness (QED) is 0.665. The number of benzene rings is 3. The molecular formula is C20H18ClNO3. The van der Waals surface area contributed by atoms with Crippen molar-refractivity contribution in [3.63, 3.8) is 0 Å². The van der Waals surface area contributed by atoms with Gasteiger partial charge in [0.05, 0.1) is 6.54 Å². The summed E-state index contributed by atoms with van der Waals surface area (Å²) in [4.78, 5) is 10.8. The van der Waals surface area contributed by atoms with Gasteiger partial charge in [0, 0.05) is 22.7 Å². The molecule has 5 heteroatoms. The van der Waals surface area contributed by atoms with Crippen molar-refractivity contribution in [1.29, 1.82) is 0 Å². The van der Waals surface area contributed by atoms with Crippen LogP contribution >= 0.6 is 11.6 Å². The largest absolute Gasteiger partial charge is 0.488 e. The van der Waals surface area contributed by atoms with Crippen LogP contribution < -0.4 is 10.1 Å². The number of hydrogen-bond donors (Lipinski definition) is 2. The molecule has 0 saturated heterocycles. The van der Waals surface area contributed by atoms with E-state index in [9.17, 15) is 4.79 Å². The molecule has 0 heterocycles. The highest BCUT2D eigenvalue weighted by Gasteiger charge is 2.10. The van der Waals surface area contributed by atoms with Gasteiger partial charge in [0.2, 0.25) is 0 Å². The summed E-state index contributed by atoms with van der Waals surface area (Å²) in [5.41, 5.74) is 1.84. The van der Waals surface area contributed by atoms with Crippen LogP contribution in [0.1, 0.15) is 11.1 Å². The number of fused-ring (bicyclic) bond motifs is 1. The van der Waals surface area contributed by atoms with Gasteiger partial charge in [-0.2, -0.15) is 0 Å². The van der Waals surface area contributed by atoms with Crippen LogP contribution in [0.4, 0.5) is 0 Å². The molecular weight excluding hydrogens is 338 g/mol. The second-order valence-corrected chi connectivity index (χ2v) is 6.05. The van der Waals surface area contributed by atoms with Crippen LogP contribution in [-0.2, 0) is 17.9 Å². The lowest BCUT2D eigenvalue weighted by atomic mass is 10.0. The minimum Gasteiger partial charge on any atom is -0.488 e. The Labute approximate surface area is 151 Å². The summed E-state index contributed by atoms with van der Waals surface area (Å²) in [6.45, 7) is 0.655. The maximum atomic E-state index is 10.8. The average Bonchev–Trinajstić information content (AvgIpc) is 2.61. The molecule has 3 aromatic carbocycles. The van der Waals surface area contributed by atoms with E-state index in [-0.39, 0.29) is 6.54 Å². The Balaban J connectivity index is 1.87. The molecule has 0 radical (unpaired) electrons. The molecule has 2 N–H and O–H groups in total. The number of carboxylic acid groups (broad SMARTS) is 1. The SMILES string of the molecule is O=C(O)CNCc1c(OCc2ccccc2Cl)ccc2ccccc12. The van der Waals surface area contributed by atoms with Crippen molar-refractivity contribution >= 4 is 28.3 Å².